The van der Waals surface area contributed by atoms with Gasteiger partial charge in [0.2, 0.25) is 0 Å². The molecule has 0 bridgehead atoms. The quantitative estimate of drug-likeness (QED) is 0.239. The molecular formula is C35H58O7. The molecule has 0 amide bonds. The molecular weight excluding hydrogens is 532 g/mol. The highest BCUT2D eigenvalue weighted by molar-refractivity contribution is 5.70. The molecule has 5 aliphatic rings. The number of carbonyl (C=O) groups is 1. The summed E-state index contributed by atoms with van der Waals surface area (Å²) in [5, 5.41) is 58.3. The van der Waals surface area contributed by atoms with Gasteiger partial charge < -0.3 is 30.3 Å². The lowest BCUT2D eigenvalue weighted by atomic mass is 9.32. The van der Waals surface area contributed by atoms with Crippen LogP contribution < -0.4 is 0 Å². The van der Waals surface area contributed by atoms with E-state index < -0.39 is 53.2 Å². The van der Waals surface area contributed by atoms with Gasteiger partial charge in [0.05, 0.1) is 36.4 Å². The fraction of sp³-hybridized carbons (Fsp3) is 0.914. The molecule has 0 aliphatic heterocycles. The fourth-order valence-electron chi connectivity index (χ4n) is 11.6. The number of ether oxygens (including phenoxy) is 1. The molecule has 0 saturated heterocycles. The van der Waals surface area contributed by atoms with Crippen LogP contribution in [0.2, 0.25) is 0 Å². The molecule has 240 valence electrons. The number of fused-ring (bicyclic) bond motifs is 7. The van der Waals surface area contributed by atoms with Crippen molar-refractivity contribution in [2.24, 2.45) is 56.2 Å². The largest absolute Gasteiger partial charge is 0.459 e. The van der Waals surface area contributed by atoms with Crippen molar-refractivity contribution in [3.05, 3.63) is 11.6 Å². The maximum Gasteiger partial charge on any atom is 0.306 e. The Kier molecular flexibility index (Phi) is 7.72. The Labute approximate surface area is 253 Å². The van der Waals surface area contributed by atoms with Crippen molar-refractivity contribution >= 4 is 5.97 Å². The number of aliphatic hydroxyl groups excluding tert-OH is 5. The molecule has 4 fully saturated rings. The third-order valence-electron chi connectivity index (χ3n) is 14.3. The summed E-state index contributed by atoms with van der Waals surface area (Å²) >= 11 is 0. The summed E-state index contributed by atoms with van der Waals surface area (Å²) in [6, 6.07) is 0. The number of aliphatic hydroxyl groups is 5. The molecule has 5 rings (SSSR count). The maximum absolute atomic E-state index is 13.0. The Morgan fingerprint density at radius 1 is 0.929 bits per heavy atom. The zero-order chi connectivity index (χ0) is 31.4. The lowest BCUT2D eigenvalue weighted by Gasteiger charge is -2.73. The molecule has 5 aliphatic carbocycles. The van der Waals surface area contributed by atoms with Gasteiger partial charge in [-0.15, -0.1) is 0 Å². The number of allylic oxidation sites excluding steroid dienone is 1. The molecule has 7 nitrogen and oxygen atoms in total. The number of hydrogen-bond donors (Lipinski definition) is 5. The highest BCUT2D eigenvalue weighted by Gasteiger charge is 2.75. The molecule has 5 N–H and O–H groups in total. The van der Waals surface area contributed by atoms with Crippen LogP contribution in [0, 0.1) is 56.2 Å². The van der Waals surface area contributed by atoms with E-state index >= 15 is 0 Å². The van der Waals surface area contributed by atoms with Crippen molar-refractivity contribution < 1.29 is 35.1 Å². The minimum Gasteiger partial charge on any atom is -0.459 e. The first-order valence-corrected chi connectivity index (χ1v) is 16.5. The van der Waals surface area contributed by atoms with Crippen LogP contribution in [0.1, 0.15) is 107 Å². The van der Waals surface area contributed by atoms with Crippen molar-refractivity contribution in [1.82, 2.24) is 0 Å². The smallest absolute Gasteiger partial charge is 0.306 e. The lowest BCUT2D eigenvalue weighted by Crippen LogP contribution is -2.76. The van der Waals surface area contributed by atoms with E-state index in [0.717, 1.165) is 37.7 Å². The second kappa shape index (κ2) is 10.0. The van der Waals surface area contributed by atoms with E-state index in [1.165, 1.54) is 0 Å². The van der Waals surface area contributed by atoms with Gasteiger partial charge in [-0.2, -0.15) is 0 Å². The van der Waals surface area contributed by atoms with Crippen molar-refractivity contribution in [2.45, 2.75) is 138 Å². The van der Waals surface area contributed by atoms with Crippen LogP contribution in [0.4, 0.5) is 0 Å². The third-order valence-corrected chi connectivity index (χ3v) is 14.3. The minimum absolute atomic E-state index is 0.0338. The summed E-state index contributed by atoms with van der Waals surface area (Å²) in [6.07, 6.45) is 2.04. The highest BCUT2D eigenvalue weighted by atomic mass is 16.6. The summed E-state index contributed by atoms with van der Waals surface area (Å²) in [6.45, 7) is 18.5. The van der Waals surface area contributed by atoms with Gasteiger partial charge in [0.25, 0.3) is 0 Å². The summed E-state index contributed by atoms with van der Waals surface area (Å²) in [7, 11) is 0. The van der Waals surface area contributed by atoms with Crippen molar-refractivity contribution in [3.63, 3.8) is 0 Å². The molecule has 42 heavy (non-hydrogen) atoms. The van der Waals surface area contributed by atoms with E-state index in [1.54, 1.807) is 0 Å². The summed E-state index contributed by atoms with van der Waals surface area (Å²) in [5.41, 5.74) is -2.39. The Morgan fingerprint density at radius 2 is 1.57 bits per heavy atom. The normalized spacial score (nSPS) is 51.0. The fourth-order valence-corrected chi connectivity index (χ4v) is 11.6. The number of hydrogen-bond acceptors (Lipinski definition) is 7. The zero-order valence-electron chi connectivity index (χ0n) is 27.5. The summed E-state index contributed by atoms with van der Waals surface area (Å²) in [5.74, 6) is -0.200. The molecule has 0 aromatic heterocycles. The Bertz CT molecular complexity index is 1110. The average molecular weight is 591 g/mol. The van der Waals surface area contributed by atoms with E-state index in [2.05, 4.69) is 40.7 Å². The third kappa shape index (κ3) is 3.98. The number of esters is 1. The van der Waals surface area contributed by atoms with Crippen molar-refractivity contribution in [3.8, 4) is 0 Å². The summed E-state index contributed by atoms with van der Waals surface area (Å²) < 4.78 is 6.03. The Morgan fingerprint density at radius 3 is 2.17 bits per heavy atom. The van der Waals surface area contributed by atoms with Gasteiger partial charge in [-0.05, 0) is 83.9 Å². The van der Waals surface area contributed by atoms with Crippen LogP contribution in [0.25, 0.3) is 0 Å². The molecule has 4 saturated carbocycles. The van der Waals surface area contributed by atoms with Crippen molar-refractivity contribution in [1.29, 1.82) is 0 Å². The first-order valence-electron chi connectivity index (χ1n) is 16.5. The molecule has 7 heteroatoms. The van der Waals surface area contributed by atoms with Gasteiger partial charge in [0, 0.05) is 11.8 Å². The molecule has 0 radical (unpaired) electrons. The van der Waals surface area contributed by atoms with Crippen LogP contribution >= 0.6 is 0 Å². The highest BCUT2D eigenvalue weighted by Crippen LogP contribution is 2.75. The molecule has 0 unspecified atom stereocenters. The van der Waals surface area contributed by atoms with Crippen LogP contribution in [0.5, 0.6) is 0 Å². The molecule has 0 aromatic rings. The van der Waals surface area contributed by atoms with Crippen molar-refractivity contribution in [2.75, 3.05) is 6.61 Å². The first kappa shape index (κ1) is 32.4. The predicted molar refractivity (Wildman–Crippen MR) is 161 cm³/mol. The SMILES string of the molecule is CC(C)CC(=O)O[C@H]1[C@H](O)C(C)(C)C[C@H]2C3=CC[C@H]4[C@@]5(C)CC[C@H](O)C(C)(C)[C@H]5CC[C@@]4(C)[C@]3(C)[C@@H](O)[C@@H](O)[C@]21CO. The van der Waals surface area contributed by atoms with Crippen LogP contribution in [-0.4, -0.2) is 68.6 Å². The molecule has 0 spiro atoms. The van der Waals surface area contributed by atoms with E-state index in [4.69, 9.17) is 4.74 Å². The lowest BCUT2D eigenvalue weighted by molar-refractivity contribution is -0.291. The van der Waals surface area contributed by atoms with Gasteiger partial charge in [0.1, 0.15) is 6.10 Å². The number of rotatable bonds is 4. The van der Waals surface area contributed by atoms with Gasteiger partial charge >= 0.3 is 5.97 Å². The van der Waals surface area contributed by atoms with Gasteiger partial charge in [0.15, 0.2) is 0 Å². The van der Waals surface area contributed by atoms with E-state index in [9.17, 15) is 30.3 Å². The second-order valence-electron chi connectivity index (χ2n) is 17.4. The molecule has 0 heterocycles. The van der Waals surface area contributed by atoms with Gasteiger partial charge in [-0.3, -0.25) is 4.79 Å². The summed E-state index contributed by atoms with van der Waals surface area (Å²) in [4.78, 5) is 13.0. The Hall–Kier alpha value is -0.990. The zero-order valence-corrected chi connectivity index (χ0v) is 27.5. The van der Waals surface area contributed by atoms with Crippen LogP contribution in [0.3, 0.4) is 0 Å². The standard InChI is InChI=1S/C35H58O7/c1-19(2)16-25(38)42-29-28(41)30(3,4)17-21-20-10-11-23-32(7)14-13-24(37)31(5,6)22(32)12-15-33(23,8)34(20,9)26(39)27(40)35(21,29)18-36/h10,19,21-24,26-29,36-37,39-41H,11-18H2,1-9H3/t21-,22+,23-,24-,26-,27+,28-,29-,32-,33+,34-,35-/m0/s1. The second-order valence-corrected chi connectivity index (χ2v) is 17.4. The first-order chi connectivity index (χ1) is 19.3. The van der Waals surface area contributed by atoms with Crippen LogP contribution in [0.15, 0.2) is 11.6 Å². The van der Waals surface area contributed by atoms with Crippen LogP contribution in [-0.2, 0) is 9.53 Å². The van der Waals surface area contributed by atoms with E-state index in [0.29, 0.717) is 12.3 Å². The minimum atomic E-state index is -1.42. The maximum atomic E-state index is 13.0. The number of carbonyl (C=O) groups excluding carboxylic acids is 1. The monoisotopic (exact) mass is 590 g/mol. The predicted octanol–water partition coefficient (Wildman–Crippen LogP) is 4.62. The van der Waals surface area contributed by atoms with E-state index in [1.807, 2.05) is 27.7 Å². The molecule has 12 atom stereocenters. The van der Waals surface area contributed by atoms with Gasteiger partial charge in [-0.25, -0.2) is 0 Å². The average Bonchev–Trinajstić information content (AvgIpc) is 2.88. The Balaban J connectivity index is 1.64. The topological polar surface area (TPSA) is 127 Å². The van der Waals surface area contributed by atoms with E-state index in [-0.39, 0.29) is 46.5 Å². The van der Waals surface area contributed by atoms with Gasteiger partial charge in [-0.1, -0.05) is 74.0 Å². The molecule has 0 aromatic carbocycles.